The smallest absolute Gasteiger partial charge is 0.410 e. The van der Waals surface area contributed by atoms with Gasteiger partial charge in [-0.15, -0.1) is 0 Å². The quantitative estimate of drug-likeness (QED) is 0.581. The van der Waals surface area contributed by atoms with Crippen molar-refractivity contribution in [3.63, 3.8) is 0 Å². The van der Waals surface area contributed by atoms with Crippen molar-refractivity contribution in [2.45, 2.75) is 26.4 Å². The first-order valence-electron chi connectivity index (χ1n) is 9.73. The van der Waals surface area contributed by atoms with E-state index in [4.69, 9.17) is 4.74 Å². The van der Waals surface area contributed by atoms with E-state index in [1.807, 2.05) is 20.8 Å². The van der Waals surface area contributed by atoms with Gasteiger partial charge in [0.05, 0.1) is 4.92 Å². The van der Waals surface area contributed by atoms with Crippen LogP contribution in [0.4, 0.5) is 22.1 Å². The van der Waals surface area contributed by atoms with Gasteiger partial charge in [-0.3, -0.25) is 14.9 Å². The molecule has 0 bridgehead atoms. The number of anilines is 2. The summed E-state index contributed by atoms with van der Waals surface area (Å²) in [6.07, 6.45) is 1.86. The Morgan fingerprint density at radius 1 is 1.03 bits per heavy atom. The SMILES string of the molecule is CC(C)(C)OC(=O)N1CCN(C(=O)c2ccc(Nc3ncc([N+](=O)[O-])cn3)cc2)CC1. The van der Waals surface area contributed by atoms with Crippen LogP contribution in [0.1, 0.15) is 31.1 Å². The highest BCUT2D eigenvalue weighted by Gasteiger charge is 2.28. The second-order valence-electron chi connectivity index (χ2n) is 7.98. The fraction of sp³-hybridized carbons (Fsp3) is 0.400. The standard InChI is InChI=1S/C20H24N6O5/c1-20(2,3)31-19(28)25-10-8-24(9-11-25)17(27)14-4-6-15(7-5-14)23-18-21-12-16(13-22-18)26(29)30/h4-7,12-13H,8-11H2,1-3H3,(H,21,22,23). The first-order valence-corrected chi connectivity index (χ1v) is 9.73. The zero-order valence-corrected chi connectivity index (χ0v) is 17.6. The van der Waals surface area contributed by atoms with Crippen molar-refractivity contribution >= 4 is 29.3 Å². The maximum absolute atomic E-state index is 12.8. The molecule has 0 radical (unpaired) electrons. The highest BCUT2D eigenvalue weighted by molar-refractivity contribution is 5.94. The summed E-state index contributed by atoms with van der Waals surface area (Å²) in [6, 6.07) is 6.76. The fourth-order valence-corrected chi connectivity index (χ4v) is 2.91. The molecular formula is C20H24N6O5. The van der Waals surface area contributed by atoms with Crippen LogP contribution in [0.25, 0.3) is 0 Å². The predicted molar refractivity (Wildman–Crippen MR) is 112 cm³/mol. The minimum absolute atomic E-state index is 0.123. The van der Waals surface area contributed by atoms with Crippen LogP contribution in [-0.2, 0) is 4.74 Å². The van der Waals surface area contributed by atoms with E-state index in [1.54, 1.807) is 34.1 Å². The van der Waals surface area contributed by atoms with Crippen LogP contribution in [0.3, 0.4) is 0 Å². The van der Waals surface area contributed by atoms with Crippen molar-refractivity contribution in [1.82, 2.24) is 19.8 Å². The average Bonchev–Trinajstić information content (AvgIpc) is 2.73. The molecule has 31 heavy (non-hydrogen) atoms. The molecule has 11 nitrogen and oxygen atoms in total. The molecule has 0 atom stereocenters. The number of piperazine rings is 1. The first-order chi connectivity index (χ1) is 14.6. The van der Waals surface area contributed by atoms with Gasteiger partial charge in [0.25, 0.3) is 5.91 Å². The molecule has 0 spiro atoms. The lowest BCUT2D eigenvalue weighted by Crippen LogP contribution is -2.51. The average molecular weight is 428 g/mol. The van der Waals surface area contributed by atoms with Crippen molar-refractivity contribution in [3.05, 3.63) is 52.3 Å². The maximum Gasteiger partial charge on any atom is 0.410 e. The molecule has 1 N–H and O–H groups in total. The van der Waals surface area contributed by atoms with Crippen molar-refractivity contribution in [1.29, 1.82) is 0 Å². The fourth-order valence-electron chi connectivity index (χ4n) is 2.91. The molecule has 11 heteroatoms. The van der Waals surface area contributed by atoms with E-state index in [0.29, 0.717) is 37.4 Å². The Hall–Kier alpha value is -3.76. The molecular weight excluding hydrogens is 404 g/mol. The summed E-state index contributed by atoms with van der Waals surface area (Å²) < 4.78 is 5.37. The monoisotopic (exact) mass is 428 g/mol. The van der Waals surface area contributed by atoms with E-state index < -0.39 is 10.5 Å². The molecule has 2 amide bonds. The van der Waals surface area contributed by atoms with Gasteiger partial charge in [-0.05, 0) is 45.0 Å². The lowest BCUT2D eigenvalue weighted by Gasteiger charge is -2.35. The number of rotatable bonds is 4. The third-order valence-corrected chi connectivity index (χ3v) is 4.46. The largest absolute Gasteiger partial charge is 0.444 e. The number of amides is 2. The molecule has 3 rings (SSSR count). The predicted octanol–water partition coefficient (Wildman–Crippen LogP) is 2.82. The normalized spacial score (nSPS) is 14.2. The van der Waals surface area contributed by atoms with Crippen molar-refractivity contribution in [2.75, 3.05) is 31.5 Å². The molecule has 164 valence electrons. The van der Waals surface area contributed by atoms with E-state index in [2.05, 4.69) is 15.3 Å². The van der Waals surface area contributed by atoms with Gasteiger partial charge in [0.15, 0.2) is 0 Å². The van der Waals surface area contributed by atoms with E-state index in [9.17, 15) is 19.7 Å². The third kappa shape index (κ3) is 5.87. The van der Waals surface area contributed by atoms with Gasteiger partial charge in [-0.2, -0.15) is 0 Å². The molecule has 1 aromatic heterocycles. The van der Waals surface area contributed by atoms with Crippen LogP contribution >= 0.6 is 0 Å². The Labute approximate surface area is 179 Å². The topological polar surface area (TPSA) is 131 Å². The third-order valence-electron chi connectivity index (χ3n) is 4.46. The molecule has 2 aromatic rings. The molecule has 1 aromatic carbocycles. The molecule has 1 saturated heterocycles. The number of nitro groups is 1. The van der Waals surface area contributed by atoms with Crippen LogP contribution in [-0.4, -0.2) is 68.5 Å². The molecule has 1 aliphatic rings. The number of carbonyl (C=O) groups is 2. The van der Waals surface area contributed by atoms with E-state index in [1.165, 1.54) is 0 Å². The summed E-state index contributed by atoms with van der Waals surface area (Å²) in [5.74, 6) is 0.0879. The van der Waals surface area contributed by atoms with Gasteiger partial charge in [-0.25, -0.2) is 14.8 Å². The lowest BCUT2D eigenvalue weighted by molar-refractivity contribution is -0.385. The first kappa shape index (κ1) is 21.9. The summed E-state index contributed by atoms with van der Waals surface area (Å²) in [4.78, 5) is 46.1. The van der Waals surface area contributed by atoms with Crippen molar-refractivity contribution < 1.29 is 19.2 Å². The summed E-state index contributed by atoms with van der Waals surface area (Å²) in [5.41, 5.74) is 0.401. The van der Waals surface area contributed by atoms with Crippen LogP contribution in [0.5, 0.6) is 0 Å². The number of aromatic nitrogens is 2. The second-order valence-corrected chi connectivity index (χ2v) is 7.98. The summed E-state index contributed by atoms with van der Waals surface area (Å²) in [6.45, 7) is 7.13. The zero-order chi connectivity index (χ0) is 22.6. The Morgan fingerprint density at radius 3 is 2.10 bits per heavy atom. The summed E-state index contributed by atoms with van der Waals surface area (Å²) in [5, 5.41) is 13.6. The van der Waals surface area contributed by atoms with E-state index >= 15 is 0 Å². The number of hydrogen-bond donors (Lipinski definition) is 1. The number of nitrogens with zero attached hydrogens (tertiary/aromatic N) is 5. The van der Waals surface area contributed by atoms with Crippen LogP contribution in [0, 0.1) is 10.1 Å². The van der Waals surface area contributed by atoms with E-state index in [0.717, 1.165) is 12.4 Å². The highest BCUT2D eigenvalue weighted by Crippen LogP contribution is 2.18. The lowest BCUT2D eigenvalue weighted by atomic mass is 10.1. The molecule has 1 aliphatic heterocycles. The molecule has 0 aliphatic carbocycles. The number of ether oxygens (including phenoxy) is 1. The number of hydrogen-bond acceptors (Lipinski definition) is 8. The van der Waals surface area contributed by atoms with Gasteiger partial charge < -0.3 is 19.9 Å². The van der Waals surface area contributed by atoms with E-state index in [-0.39, 0.29) is 23.6 Å². The Morgan fingerprint density at radius 2 is 1.58 bits per heavy atom. The van der Waals surface area contributed by atoms with Crippen LogP contribution < -0.4 is 5.32 Å². The zero-order valence-electron chi connectivity index (χ0n) is 17.6. The molecule has 0 unspecified atom stereocenters. The number of nitrogens with one attached hydrogen (secondary N) is 1. The van der Waals surface area contributed by atoms with Gasteiger partial charge in [0, 0.05) is 37.4 Å². The summed E-state index contributed by atoms with van der Waals surface area (Å²) >= 11 is 0. The second kappa shape index (κ2) is 8.94. The van der Waals surface area contributed by atoms with Gasteiger partial charge >= 0.3 is 11.8 Å². The number of benzene rings is 1. The van der Waals surface area contributed by atoms with Crippen molar-refractivity contribution in [3.8, 4) is 0 Å². The molecule has 2 heterocycles. The Bertz CT molecular complexity index is 948. The van der Waals surface area contributed by atoms with Gasteiger partial charge in [0.1, 0.15) is 18.0 Å². The van der Waals surface area contributed by atoms with Gasteiger partial charge in [0.2, 0.25) is 5.95 Å². The summed E-state index contributed by atoms with van der Waals surface area (Å²) in [7, 11) is 0. The minimum Gasteiger partial charge on any atom is -0.444 e. The molecule has 1 fully saturated rings. The molecule has 0 saturated carbocycles. The highest BCUT2D eigenvalue weighted by atomic mass is 16.6. The minimum atomic E-state index is -0.572. The van der Waals surface area contributed by atoms with Crippen LogP contribution in [0.2, 0.25) is 0 Å². The number of carbonyl (C=O) groups excluding carboxylic acids is 2. The van der Waals surface area contributed by atoms with Crippen molar-refractivity contribution in [2.24, 2.45) is 0 Å². The Balaban J connectivity index is 1.55. The Kier molecular flexibility index (Phi) is 6.33. The maximum atomic E-state index is 12.8. The van der Waals surface area contributed by atoms with Gasteiger partial charge in [-0.1, -0.05) is 0 Å². The van der Waals surface area contributed by atoms with Crippen LogP contribution in [0.15, 0.2) is 36.7 Å².